The molecule has 1 N–H and O–H groups in total. The third kappa shape index (κ3) is 4.24. The fourth-order valence-electron chi connectivity index (χ4n) is 1.71. The van der Waals surface area contributed by atoms with E-state index in [1.807, 2.05) is 6.07 Å². The number of nitrogens with zero attached hydrogens (tertiary/aromatic N) is 1. The molecule has 0 atom stereocenters. The van der Waals surface area contributed by atoms with Crippen LogP contribution in [0.4, 0.5) is 0 Å². The van der Waals surface area contributed by atoms with E-state index in [2.05, 4.69) is 44.3 Å². The highest BCUT2D eigenvalue weighted by Gasteiger charge is 2.21. The number of ether oxygens (including phenoxy) is 1. The molecule has 0 bridgehead atoms. The number of nitriles is 1. The van der Waals surface area contributed by atoms with E-state index in [-0.39, 0.29) is 5.54 Å². The Bertz CT molecular complexity index is 484. The lowest BCUT2D eigenvalue weighted by molar-refractivity contribution is 0.0455. The van der Waals surface area contributed by atoms with E-state index in [0.29, 0.717) is 5.25 Å². The summed E-state index contributed by atoms with van der Waals surface area (Å²) in [5.74, 6) is 0. The van der Waals surface area contributed by atoms with Gasteiger partial charge in [-0.15, -0.1) is 11.8 Å². The van der Waals surface area contributed by atoms with Gasteiger partial charge in [0.25, 0.3) is 0 Å². The molecule has 1 fully saturated rings. The second kappa shape index (κ2) is 5.96. The summed E-state index contributed by atoms with van der Waals surface area (Å²) < 4.78 is 5.17. The summed E-state index contributed by atoms with van der Waals surface area (Å²) in [6, 6.07) is 8.44. The first-order valence-corrected chi connectivity index (χ1v) is 7.38. The molecule has 0 aromatic heterocycles. The molecule has 102 valence electrons. The highest BCUT2D eigenvalue weighted by atomic mass is 32.2. The van der Waals surface area contributed by atoms with Crippen molar-refractivity contribution >= 4 is 11.8 Å². The van der Waals surface area contributed by atoms with E-state index < -0.39 is 0 Å². The fraction of sp³-hybridized carbons (Fsp3) is 0.533. The molecule has 0 unspecified atom stereocenters. The van der Waals surface area contributed by atoms with Crippen LogP contribution in [0.25, 0.3) is 0 Å². The average molecular weight is 276 g/mol. The van der Waals surface area contributed by atoms with E-state index in [9.17, 15) is 5.26 Å². The Morgan fingerprint density at radius 1 is 1.42 bits per heavy atom. The van der Waals surface area contributed by atoms with Gasteiger partial charge in [-0.2, -0.15) is 5.26 Å². The number of hydrogen-bond acceptors (Lipinski definition) is 4. The van der Waals surface area contributed by atoms with Gasteiger partial charge >= 0.3 is 0 Å². The van der Waals surface area contributed by atoms with Gasteiger partial charge in [0.15, 0.2) is 0 Å². The molecule has 0 radical (unpaired) electrons. The summed E-state index contributed by atoms with van der Waals surface area (Å²) in [4.78, 5) is 1.07. The smallest absolute Gasteiger partial charge is 0.100 e. The quantitative estimate of drug-likeness (QED) is 0.918. The second-order valence-corrected chi connectivity index (χ2v) is 7.17. The van der Waals surface area contributed by atoms with Gasteiger partial charge in [-0.25, -0.2) is 0 Å². The molecule has 1 saturated heterocycles. The molecule has 1 aliphatic rings. The molecule has 0 amide bonds. The van der Waals surface area contributed by atoms with Crippen LogP contribution < -0.4 is 5.32 Å². The lowest BCUT2D eigenvalue weighted by atomic mass is 10.1. The lowest BCUT2D eigenvalue weighted by Crippen LogP contribution is -2.35. The summed E-state index contributed by atoms with van der Waals surface area (Å²) in [6.45, 7) is 8.79. The van der Waals surface area contributed by atoms with Gasteiger partial charge in [0.1, 0.15) is 6.07 Å². The molecule has 4 heteroatoms. The van der Waals surface area contributed by atoms with E-state index >= 15 is 0 Å². The van der Waals surface area contributed by atoms with Crippen LogP contribution in [-0.2, 0) is 11.3 Å². The fourth-order valence-corrected chi connectivity index (χ4v) is 2.77. The summed E-state index contributed by atoms with van der Waals surface area (Å²) in [5, 5.41) is 13.2. The van der Waals surface area contributed by atoms with Crippen LogP contribution in [0.2, 0.25) is 0 Å². The van der Waals surface area contributed by atoms with Crippen molar-refractivity contribution in [3.05, 3.63) is 29.3 Å². The minimum Gasteiger partial charge on any atom is -0.379 e. The van der Waals surface area contributed by atoms with Crippen LogP contribution in [0.15, 0.2) is 23.1 Å². The molecular formula is C15H20N2OS. The first kappa shape index (κ1) is 14.4. The molecule has 1 aromatic carbocycles. The van der Waals surface area contributed by atoms with Crippen molar-refractivity contribution < 1.29 is 4.74 Å². The van der Waals surface area contributed by atoms with Crippen molar-refractivity contribution in [2.45, 2.75) is 43.0 Å². The SMILES string of the molecule is CC(C)(C)NCc1ccc(SC2COC2)c(C#N)c1. The Labute approximate surface area is 119 Å². The van der Waals surface area contributed by atoms with Gasteiger partial charge in [0.05, 0.1) is 24.0 Å². The Kier molecular flexibility index (Phi) is 4.51. The summed E-state index contributed by atoms with van der Waals surface area (Å²) in [6.07, 6.45) is 0. The first-order chi connectivity index (χ1) is 8.98. The predicted molar refractivity (Wildman–Crippen MR) is 78.2 cm³/mol. The number of nitrogens with one attached hydrogen (secondary N) is 1. The highest BCUT2D eigenvalue weighted by Crippen LogP contribution is 2.31. The number of rotatable bonds is 4. The van der Waals surface area contributed by atoms with Gasteiger partial charge in [0.2, 0.25) is 0 Å². The zero-order valence-corrected chi connectivity index (χ0v) is 12.5. The van der Waals surface area contributed by atoms with E-state index in [4.69, 9.17) is 4.74 Å². The first-order valence-electron chi connectivity index (χ1n) is 6.50. The van der Waals surface area contributed by atoms with Gasteiger partial charge in [0, 0.05) is 17.0 Å². The molecule has 1 heterocycles. The van der Waals surface area contributed by atoms with E-state index in [1.165, 1.54) is 0 Å². The average Bonchev–Trinajstić information content (AvgIpc) is 2.31. The maximum atomic E-state index is 9.26. The van der Waals surface area contributed by atoms with Crippen molar-refractivity contribution in [2.75, 3.05) is 13.2 Å². The van der Waals surface area contributed by atoms with Crippen LogP contribution in [0.5, 0.6) is 0 Å². The zero-order chi connectivity index (χ0) is 13.9. The maximum absolute atomic E-state index is 9.26. The molecule has 1 aromatic rings. The molecule has 0 saturated carbocycles. The highest BCUT2D eigenvalue weighted by molar-refractivity contribution is 8.00. The van der Waals surface area contributed by atoms with Gasteiger partial charge in [-0.1, -0.05) is 6.07 Å². The van der Waals surface area contributed by atoms with Crippen molar-refractivity contribution in [2.24, 2.45) is 0 Å². The lowest BCUT2D eigenvalue weighted by Gasteiger charge is -2.25. The second-order valence-electron chi connectivity index (χ2n) is 5.82. The molecule has 3 nitrogen and oxygen atoms in total. The third-order valence-corrected chi connectivity index (χ3v) is 4.10. The molecule has 0 spiro atoms. The van der Waals surface area contributed by atoms with Crippen molar-refractivity contribution in [1.82, 2.24) is 5.32 Å². The van der Waals surface area contributed by atoms with Crippen LogP contribution in [0.1, 0.15) is 31.9 Å². The molecular weight excluding hydrogens is 256 g/mol. The predicted octanol–water partition coefficient (Wildman–Crippen LogP) is 2.94. The van der Waals surface area contributed by atoms with E-state index in [1.54, 1.807) is 11.8 Å². The summed E-state index contributed by atoms with van der Waals surface area (Å²) in [5.41, 5.74) is 2.01. The largest absolute Gasteiger partial charge is 0.379 e. The monoisotopic (exact) mass is 276 g/mol. The molecule has 0 aliphatic carbocycles. The van der Waals surface area contributed by atoms with Crippen LogP contribution in [0.3, 0.4) is 0 Å². The van der Waals surface area contributed by atoms with Crippen molar-refractivity contribution in [3.8, 4) is 6.07 Å². The molecule has 2 rings (SSSR count). The third-order valence-electron chi connectivity index (χ3n) is 2.89. The number of benzene rings is 1. The van der Waals surface area contributed by atoms with Crippen molar-refractivity contribution in [1.29, 1.82) is 5.26 Å². The number of thioether (sulfide) groups is 1. The Hall–Kier alpha value is -1.02. The minimum atomic E-state index is 0.0868. The van der Waals surface area contributed by atoms with Crippen LogP contribution >= 0.6 is 11.8 Å². The standard InChI is InChI=1S/C15H20N2OS/c1-15(2,3)17-8-11-4-5-14(12(6-11)7-16)19-13-9-18-10-13/h4-6,13,17H,8-10H2,1-3H3. The summed E-state index contributed by atoms with van der Waals surface area (Å²) >= 11 is 1.75. The molecule has 19 heavy (non-hydrogen) atoms. The number of hydrogen-bond donors (Lipinski definition) is 1. The topological polar surface area (TPSA) is 45.0 Å². The Morgan fingerprint density at radius 3 is 2.68 bits per heavy atom. The maximum Gasteiger partial charge on any atom is 0.100 e. The van der Waals surface area contributed by atoms with Gasteiger partial charge in [-0.3, -0.25) is 0 Å². The van der Waals surface area contributed by atoms with Gasteiger partial charge in [-0.05, 0) is 38.5 Å². The Balaban J connectivity index is 2.05. The van der Waals surface area contributed by atoms with Gasteiger partial charge < -0.3 is 10.1 Å². The summed E-state index contributed by atoms with van der Waals surface area (Å²) in [7, 11) is 0. The van der Waals surface area contributed by atoms with Crippen LogP contribution in [-0.4, -0.2) is 24.0 Å². The Morgan fingerprint density at radius 2 is 2.16 bits per heavy atom. The minimum absolute atomic E-state index is 0.0868. The van der Waals surface area contributed by atoms with Crippen molar-refractivity contribution in [3.63, 3.8) is 0 Å². The van der Waals surface area contributed by atoms with Crippen LogP contribution in [0, 0.1) is 11.3 Å². The normalized spacial score (nSPS) is 15.9. The molecule has 1 aliphatic heterocycles. The van der Waals surface area contributed by atoms with E-state index in [0.717, 1.165) is 35.8 Å². The zero-order valence-electron chi connectivity index (χ0n) is 11.7.